The van der Waals surface area contributed by atoms with Crippen molar-refractivity contribution in [2.75, 3.05) is 27.2 Å². The lowest BCUT2D eigenvalue weighted by Gasteiger charge is -2.32. The Morgan fingerprint density at radius 3 is 3.04 bits per heavy atom. The van der Waals surface area contributed by atoms with Gasteiger partial charge in [-0.2, -0.15) is 0 Å². The van der Waals surface area contributed by atoms with Gasteiger partial charge in [0.25, 0.3) is 0 Å². The number of fused-ring (bicyclic) bond motifs is 1. The van der Waals surface area contributed by atoms with Crippen LogP contribution in [-0.4, -0.2) is 44.1 Å². The molecule has 3 rings (SSSR count). The van der Waals surface area contributed by atoms with Crippen LogP contribution in [0.25, 0.3) is 0 Å². The summed E-state index contributed by atoms with van der Waals surface area (Å²) in [4.78, 5) is 8.43. The number of ether oxygens (including phenoxy) is 1. The topological polar surface area (TPSA) is 48.9 Å². The van der Waals surface area contributed by atoms with Crippen molar-refractivity contribution in [3.8, 4) is 5.75 Å². The summed E-state index contributed by atoms with van der Waals surface area (Å²) in [6.45, 7) is 6.05. The fourth-order valence-corrected chi connectivity index (χ4v) is 4.10. The minimum atomic E-state index is 0.457. The van der Waals surface area contributed by atoms with Gasteiger partial charge in [-0.3, -0.25) is 9.89 Å². The van der Waals surface area contributed by atoms with Gasteiger partial charge in [0.2, 0.25) is 0 Å². The zero-order valence-electron chi connectivity index (χ0n) is 15.8. The number of benzene rings is 1. The zero-order chi connectivity index (χ0) is 18.4. The molecule has 0 amide bonds. The summed E-state index contributed by atoms with van der Waals surface area (Å²) in [5.74, 6) is 1.70. The quantitative estimate of drug-likeness (QED) is 0.605. The van der Waals surface area contributed by atoms with E-state index in [0.29, 0.717) is 12.6 Å². The molecule has 0 bridgehead atoms. The smallest absolute Gasteiger partial charge is 0.191 e. The molecular formula is C20H28N4OS. The number of nitrogens with one attached hydrogen (secondary N) is 2. The van der Waals surface area contributed by atoms with E-state index in [1.165, 1.54) is 17.5 Å². The Kier molecular flexibility index (Phi) is 6.52. The second kappa shape index (κ2) is 9.05. The maximum absolute atomic E-state index is 5.27. The SMILES string of the molecule is CN=C(NCc1cccc(OC)c1)NCC(C)N1CCc2sccc2C1. The van der Waals surface area contributed by atoms with Crippen LogP contribution < -0.4 is 15.4 Å². The minimum Gasteiger partial charge on any atom is -0.497 e. The first-order valence-corrected chi connectivity index (χ1v) is 9.94. The highest BCUT2D eigenvalue weighted by Crippen LogP contribution is 2.24. The molecule has 1 atom stereocenters. The van der Waals surface area contributed by atoms with Crippen molar-refractivity contribution < 1.29 is 4.74 Å². The highest BCUT2D eigenvalue weighted by molar-refractivity contribution is 7.10. The van der Waals surface area contributed by atoms with E-state index >= 15 is 0 Å². The van der Waals surface area contributed by atoms with E-state index in [1.54, 1.807) is 12.0 Å². The number of hydrogen-bond donors (Lipinski definition) is 2. The molecule has 0 saturated heterocycles. The third-order valence-electron chi connectivity index (χ3n) is 4.84. The maximum Gasteiger partial charge on any atom is 0.191 e. The third kappa shape index (κ3) is 4.77. The van der Waals surface area contributed by atoms with Crippen LogP contribution in [0.2, 0.25) is 0 Å². The minimum absolute atomic E-state index is 0.457. The predicted molar refractivity (Wildman–Crippen MR) is 109 cm³/mol. The highest BCUT2D eigenvalue weighted by atomic mass is 32.1. The molecule has 1 aromatic heterocycles. The molecule has 26 heavy (non-hydrogen) atoms. The van der Waals surface area contributed by atoms with Gasteiger partial charge in [0.1, 0.15) is 5.75 Å². The summed E-state index contributed by atoms with van der Waals surface area (Å²) in [6, 6.07) is 10.8. The molecule has 0 radical (unpaired) electrons. The number of aliphatic imine (C=N–C) groups is 1. The fraction of sp³-hybridized carbons (Fsp3) is 0.450. The normalized spacial score (nSPS) is 16.0. The van der Waals surface area contributed by atoms with Crippen LogP contribution in [0, 0.1) is 0 Å². The fourth-order valence-electron chi connectivity index (χ4n) is 3.21. The Hall–Kier alpha value is -2.05. The lowest BCUT2D eigenvalue weighted by molar-refractivity contribution is 0.192. The van der Waals surface area contributed by atoms with Gasteiger partial charge < -0.3 is 15.4 Å². The average molecular weight is 373 g/mol. The number of rotatable bonds is 6. The van der Waals surface area contributed by atoms with E-state index in [0.717, 1.165) is 31.3 Å². The first-order valence-electron chi connectivity index (χ1n) is 9.06. The molecular weight excluding hydrogens is 344 g/mol. The van der Waals surface area contributed by atoms with Gasteiger partial charge in [0.15, 0.2) is 5.96 Å². The molecule has 1 aliphatic heterocycles. The molecule has 1 unspecified atom stereocenters. The summed E-state index contributed by atoms with van der Waals surface area (Å²) in [5.41, 5.74) is 2.66. The summed E-state index contributed by atoms with van der Waals surface area (Å²) < 4.78 is 5.27. The van der Waals surface area contributed by atoms with Crippen LogP contribution in [-0.2, 0) is 19.5 Å². The summed E-state index contributed by atoms with van der Waals surface area (Å²) in [7, 11) is 3.50. The molecule has 2 heterocycles. The Morgan fingerprint density at radius 2 is 2.23 bits per heavy atom. The Labute approximate surface area is 160 Å². The summed E-state index contributed by atoms with van der Waals surface area (Å²) >= 11 is 1.89. The van der Waals surface area contributed by atoms with Crippen LogP contribution in [0.15, 0.2) is 40.7 Å². The van der Waals surface area contributed by atoms with Crippen molar-refractivity contribution >= 4 is 17.3 Å². The average Bonchev–Trinajstić information content (AvgIpc) is 3.15. The van der Waals surface area contributed by atoms with Crippen molar-refractivity contribution in [1.29, 1.82) is 0 Å². The molecule has 1 aromatic carbocycles. The molecule has 1 aliphatic rings. The van der Waals surface area contributed by atoms with Crippen LogP contribution in [0.4, 0.5) is 0 Å². The van der Waals surface area contributed by atoms with Gasteiger partial charge in [-0.05, 0) is 48.1 Å². The lowest BCUT2D eigenvalue weighted by atomic mass is 10.1. The molecule has 140 valence electrons. The zero-order valence-corrected chi connectivity index (χ0v) is 16.6. The number of nitrogens with zero attached hydrogens (tertiary/aromatic N) is 2. The third-order valence-corrected chi connectivity index (χ3v) is 5.87. The number of thiophene rings is 1. The van der Waals surface area contributed by atoms with Gasteiger partial charge in [-0.25, -0.2) is 0 Å². The monoisotopic (exact) mass is 372 g/mol. The molecule has 6 heteroatoms. The second-order valence-electron chi connectivity index (χ2n) is 6.60. The summed E-state index contributed by atoms with van der Waals surface area (Å²) in [5, 5.41) is 9.03. The molecule has 0 aliphatic carbocycles. The molecule has 5 nitrogen and oxygen atoms in total. The van der Waals surface area contributed by atoms with Crippen molar-refractivity contribution in [3.63, 3.8) is 0 Å². The molecule has 2 N–H and O–H groups in total. The van der Waals surface area contributed by atoms with Crippen molar-refractivity contribution in [3.05, 3.63) is 51.7 Å². The largest absolute Gasteiger partial charge is 0.497 e. The molecule has 2 aromatic rings. The van der Waals surface area contributed by atoms with Gasteiger partial charge in [-0.1, -0.05) is 12.1 Å². The van der Waals surface area contributed by atoms with E-state index in [4.69, 9.17) is 4.74 Å². The first kappa shape index (κ1) is 18.7. The highest BCUT2D eigenvalue weighted by Gasteiger charge is 2.21. The Morgan fingerprint density at radius 1 is 1.35 bits per heavy atom. The molecule has 0 fully saturated rings. The van der Waals surface area contributed by atoms with E-state index in [2.05, 4.69) is 45.0 Å². The van der Waals surface area contributed by atoms with Crippen LogP contribution in [0.5, 0.6) is 5.75 Å². The molecule has 0 saturated carbocycles. The Bertz CT molecular complexity index is 743. The van der Waals surface area contributed by atoms with Crippen molar-refractivity contribution in [2.24, 2.45) is 4.99 Å². The number of methoxy groups -OCH3 is 1. The van der Waals surface area contributed by atoms with Gasteiger partial charge >= 0.3 is 0 Å². The summed E-state index contributed by atoms with van der Waals surface area (Å²) in [6.07, 6.45) is 1.17. The second-order valence-corrected chi connectivity index (χ2v) is 7.60. The standard InChI is InChI=1S/C20H28N4OS/c1-15(24-9-7-19-17(14-24)8-10-26-19)12-22-20(21-2)23-13-16-5-4-6-18(11-16)25-3/h4-6,8,10-11,15H,7,9,12-14H2,1-3H3,(H2,21,22,23). The number of guanidine groups is 1. The van der Waals surface area contributed by atoms with Crippen molar-refractivity contribution in [1.82, 2.24) is 15.5 Å². The van der Waals surface area contributed by atoms with Crippen LogP contribution >= 0.6 is 11.3 Å². The van der Waals surface area contributed by atoms with Gasteiger partial charge in [-0.15, -0.1) is 11.3 Å². The van der Waals surface area contributed by atoms with Crippen LogP contribution in [0.3, 0.4) is 0 Å². The predicted octanol–water partition coefficient (Wildman–Crippen LogP) is 2.87. The van der Waals surface area contributed by atoms with E-state index in [1.807, 2.05) is 36.6 Å². The number of hydrogen-bond acceptors (Lipinski definition) is 4. The van der Waals surface area contributed by atoms with E-state index in [-0.39, 0.29) is 0 Å². The lowest BCUT2D eigenvalue weighted by Crippen LogP contribution is -2.47. The molecule has 0 spiro atoms. The van der Waals surface area contributed by atoms with E-state index < -0.39 is 0 Å². The van der Waals surface area contributed by atoms with Crippen LogP contribution in [0.1, 0.15) is 22.9 Å². The Balaban J connectivity index is 1.46. The maximum atomic E-state index is 5.27. The first-order chi connectivity index (χ1) is 12.7. The van der Waals surface area contributed by atoms with Gasteiger partial charge in [0, 0.05) is 44.1 Å². The van der Waals surface area contributed by atoms with E-state index in [9.17, 15) is 0 Å². The van der Waals surface area contributed by atoms with Gasteiger partial charge in [0.05, 0.1) is 7.11 Å². The van der Waals surface area contributed by atoms with Crippen molar-refractivity contribution in [2.45, 2.75) is 32.5 Å².